The molecule has 0 aromatic rings. The first-order valence-electron chi connectivity index (χ1n) is 9.85. The van der Waals surface area contributed by atoms with E-state index in [2.05, 4.69) is 64.0 Å². The first-order chi connectivity index (χ1) is 11.2. The second-order valence-electron chi connectivity index (χ2n) is 8.53. The lowest BCUT2D eigenvalue weighted by Crippen LogP contribution is -2.38. The van der Waals surface area contributed by atoms with E-state index in [1.807, 2.05) is 0 Å². The van der Waals surface area contributed by atoms with Gasteiger partial charge in [0.05, 0.1) is 0 Å². The van der Waals surface area contributed by atoms with Gasteiger partial charge in [-0.1, -0.05) is 54.9 Å². The van der Waals surface area contributed by atoms with Gasteiger partial charge < -0.3 is 15.5 Å². The first kappa shape index (κ1) is 23.4. The van der Waals surface area contributed by atoms with E-state index >= 15 is 0 Å². The standard InChI is InChI=1S/C20H43N3O/c1-8-19(4,5)16-20(6,7)17-22-18(24)12-15-23(10-3)14-11-13-21-9-2/h21H,8-17H2,1-7H3,(H,22,24). The first-order valence-corrected chi connectivity index (χ1v) is 9.85. The number of nitrogens with zero attached hydrogens (tertiary/aromatic N) is 1. The molecule has 0 spiro atoms. The van der Waals surface area contributed by atoms with E-state index in [1.54, 1.807) is 0 Å². The number of carbonyl (C=O) groups is 1. The Kier molecular flexibility index (Phi) is 11.6. The minimum Gasteiger partial charge on any atom is -0.356 e. The number of hydrogen-bond donors (Lipinski definition) is 2. The fraction of sp³-hybridized carbons (Fsp3) is 0.950. The van der Waals surface area contributed by atoms with Gasteiger partial charge in [0.2, 0.25) is 5.91 Å². The SMILES string of the molecule is CCNCCCN(CC)CCC(=O)NCC(C)(C)CC(C)(C)CC. The van der Waals surface area contributed by atoms with Crippen molar-refractivity contribution in [3.63, 3.8) is 0 Å². The van der Waals surface area contributed by atoms with E-state index in [1.165, 1.54) is 6.42 Å². The van der Waals surface area contributed by atoms with Crippen LogP contribution in [-0.2, 0) is 4.79 Å². The van der Waals surface area contributed by atoms with Gasteiger partial charge in [0.15, 0.2) is 0 Å². The number of hydrogen-bond acceptors (Lipinski definition) is 3. The molecular formula is C20H43N3O. The minimum absolute atomic E-state index is 0.144. The van der Waals surface area contributed by atoms with Gasteiger partial charge in [-0.15, -0.1) is 0 Å². The van der Waals surface area contributed by atoms with Crippen LogP contribution in [0.4, 0.5) is 0 Å². The molecule has 2 N–H and O–H groups in total. The van der Waals surface area contributed by atoms with Crippen LogP contribution in [0.3, 0.4) is 0 Å². The van der Waals surface area contributed by atoms with Crippen LogP contribution in [0.1, 0.15) is 74.1 Å². The zero-order valence-electron chi connectivity index (χ0n) is 17.4. The summed E-state index contributed by atoms with van der Waals surface area (Å²) in [5, 5.41) is 6.49. The largest absolute Gasteiger partial charge is 0.356 e. The molecule has 0 rings (SSSR count). The Labute approximate surface area is 151 Å². The number of rotatable bonds is 14. The molecule has 0 aromatic carbocycles. The van der Waals surface area contributed by atoms with Crippen LogP contribution in [0, 0.1) is 10.8 Å². The maximum Gasteiger partial charge on any atom is 0.221 e. The second-order valence-corrected chi connectivity index (χ2v) is 8.53. The van der Waals surface area contributed by atoms with Gasteiger partial charge in [-0.3, -0.25) is 4.79 Å². The smallest absolute Gasteiger partial charge is 0.221 e. The monoisotopic (exact) mass is 341 g/mol. The zero-order chi connectivity index (χ0) is 18.6. The summed E-state index contributed by atoms with van der Waals surface area (Å²) in [6, 6.07) is 0. The van der Waals surface area contributed by atoms with Gasteiger partial charge in [0, 0.05) is 19.5 Å². The normalized spacial score (nSPS) is 12.7. The van der Waals surface area contributed by atoms with Crippen LogP contribution in [0.15, 0.2) is 0 Å². The summed E-state index contributed by atoms with van der Waals surface area (Å²) >= 11 is 0. The molecule has 144 valence electrons. The van der Waals surface area contributed by atoms with Crippen LogP contribution < -0.4 is 10.6 Å². The molecule has 0 bridgehead atoms. The maximum atomic E-state index is 12.2. The predicted octanol–water partition coefficient (Wildman–Crippen LogP) is 3.67. The Morgan fingerprint density at radius 3 is 2.21 bits per heavy atom. The Morgan fingerprint density at radius 2 is 1.67 bits per heavy atom. The third-order valence-corrected chi connectivity index (χ3v) is 4.86. The molecule has 0 saturated heterocycles. The fourth-order valence-corrected chi connectivity index (χ4v) is 3.20. The van der Waals surface area contributed by atoms with Gasteiger partial charge in [0.1, 0.15) is 0 Å². The third-order valence-electron chi connectivity index (χ3n) is 4.86. The lowest BCUT2D eigenvalue weighted by molar-refractivity contribution is -0.122. The van der Waals surface area contributed by atoms with E-state index in [9.17, 15) is 4.79 Å². The predicted molar refractivity (Wildman–Crippen MR) is 105 cm³/mol. The van der Waals surface area contributed by atoms with Crippen molar-refractivity contribution in [2.75, 3.05) is 39.3 Å². The van der Waals surface area contributed by atoms with Gasteiger partial charge >= 0.3 is 0 Å². The molecular weight excluding hydrogens is 298 g/mol. The van der Waals surface area contributed by atoms with Gasteiger partial charge in [-0.25, -0.2) is 0 Å². The van der Waals surface area contributed by atoms with E-state index in [0.717, 1.165) is 52.1 Å². The average Bonchev–Trinajstić information content (AvgIpc) is 2.51. The quantitative estimate of drug-likeness (QED) is 0.474. The maximum absolute atomic E-state index is 12.2. The molecule has 0 heterocycles. The summed E-state index contributed by atoms with van der Waals surface area (Å²) in [7, 11) is 0. The Morgan fingerprint density at radius 1 is 1.00 bits per heavy atom. The van der Waals surface area contributed by atoms with Crippen LogP contribution in [0.2, 0.25) is 0 Å². The molecule has 4 heteroatoms. The number of carbonyl (C=O) groups excluding carboxylic acids is 1. The average molecular weight is 342 g/mol. The zero-order valence-corrected chi connectivity index (χ0v) is 17.4. The molecule has 0 saturated carbocycles. The highest BCUT2D eigenvalue weighted by atomic mass is 16.1. The van der Waals surface area contributed by atoms with Crippen molar-refractivity contribution in [1.29, 1.82) is 0 Å². The summed E-state index contributed by atoms with van der Waals surface area (Å²) < 4.78 is 0. The van der Waals surface area contributed by atoms with Crippen molar-refractivity contribution in [3.8, 4) is 0 Å². The van der Waals surface area contributed by atoms with Gasteiger partial charge in [0.25, 0.3) is 0 Å². The van der Waals surface area contributed by atoms with E-state index in [-0.39, 0.29) is 11.3 Å². The molecule has 0 unspecified atom stereocenters. The highest BCUT2D eigenvalue weighted by Crippen LogP contribution is 2.35. The van der Waals surface area contributed by atoms with Gasteiger partial charge in [-0.05, 0) is 49.9 Å². The summed E-state index contributed by atoms with van der Waals surface area (Å²) in [5.74, 6) is 0.183. The lowest BCUT2D eigenvalue weighted by atomic mass is 9.73. The Hall–Kier alpha value is -0.610. The van der Waals surface area contributed by atoms with Crippen LogP contribution in [0.5, 0.6) is 0 Å². The highest BCUT2D eigenvalue weighted by Gasteiger charge is 2.27. The van der Waals surface area contributed by atoms with Crippen LogP contribution in [-0.4, -0.2) is 50.1 Å². The third kappa shape index (κ3) is 11.9. The summed E-state index contributed by atoms with van der Waals surface area (Å²) in [6.45, 7) is 21.4. The summed E-state index contributed by atoms with van der Waals surface area (Å²) in [6.07, 6.45) is 4.04. The molecule has 24 heavy (non-hydrogen) atoms. The molecule has 1 amide bonds. The number of nitrogens with one attached hydrogen (secondary N) is 2. The van der Waals surface area contributed by atoms with E-state index in [0.29, 0.717) is 11.8 Å². The topological polar surface area (TPSA) is 44.4 Å². The Balaban J connectivity index is 4.06. The van der Waals surface area contributed by atoms with Crippen LogP contribution in [0.25, 0.3) is 0 Å². The molecule has 4 nitrogen and oxygen atoms in total. The lowest BCUT2D eigenvalue weighted by Gasteiger charge is -2.34. The van der Waals surface area contributed by atoms with E-state index < -0.39 is 0 Å². The fourth-order valence-electron chi connectivity index (χ4n) is 3.20. The Bertz CT molecular complexity index is 340. The highest BCUT2D eigenvalue weighted by molar-refractivity contribution is 5.76. The van der Waals surface area contributed by atoms with Gasteiger partial charge in [-0.2, -0.15) is 0 Å². The van der Waals surface area contributed by atoms with Crippen LogP contribution >= 0.6 is 0 Å². The van der Waals surface area contributed by atoms with Crippen molar-refractivity contribution in [3.05, 3.63) is 0 Å². The van der Waals surface area contributed by atoms with Crippen molar-refractivity contribution in [2.24, 2.45) is 10.8 Å². The molecule has 0 atom stereocenters. The number of amides is 1. The molecule has 0 aliphatic carbocycles. The van der Waals surface area contributed by atoms with E-state index in [4.69, 9.17) is 0 Å². The van der Waals surface area contributed by atoms with Crippen molar-refractivity contribution in [2.45, 2.75) is 74.1 Å². The minimum atomic E-state index is 0.144. The summed E-state index contributed by atoms with van der Waals surface area (Å²) in [4.78, 5) is 14.5. The molecule has 0 aromatic heterocycles. The molecule has 0 aliphatic heterocycles. The van der Waals surface area contributed by atoms with Crippen molar-refractivity contribution >= 4 is 5.91 Å². The second kappa shape index (κ2) is 11.9. The molecule has 0 radical (unpaired) electrons. The molecule has 0 fully saturated rings. The van der Waals surface area contributed by atoms with Crippen molar-refractivity contribution < 1.29 is 4.79 Å². The molecule has 0 aliphatic rings. The summed E-state index contributed by atoms with van der Waals surface area (Å²) in [5.41, 5.74) is 0.477. The van der Waals surface area contributed by atoms with Crippen molar-refractivity contribution in [1.82, 2.24) is 15.5 Å².